The largest absolute Gasteiger partial charge is 0.492 e. The number of carbonyl (C=O) groups is 1. The molecule has 0 aromatic heterocycles. The van der Waals surface area contributed by atoms with E-state index in [9.17, 15) is 4.79 Å². The van der Waals surface area contributed by atoms with E-state index in [1.165, 1.54) is 0 Å². The fourth-order valence-electron chi connectivity index (χ4n) is 1.28. The molecule has 17 heavy (non-hydrogen) atoms. The lowest BCUT2D eigenvalue weighted by atomic mass is 10.3. The summed E-state index contributed by atoms with van der Waals surface area (Å²) in [6.07, 6.45) is 1.63. The van der Waals surface area contributed by atoms with Crippen molar-refractivity contribution in [2.75, 3.05) is 20.2 Å². The topological polar surface area (TPSA) is 29.5 Å². The van der Waals surface area contributed by atoms with Crippen LogP contribution in [0, 0.1) is 0 Å². The summed E-state index contributed by atoms with van der Waals surface area (Å²) in [5, 5.41) is 0. The molecule has 3 heteroatoms. The maximum atomic E-state index is 11.6. The number of allylic oxidation sites excluding steroid dienone is 1. The zero-order valence-corrected chi connectivity index (χ0v) is 10.6. The summed E-state index contributed by atoms with van der Waals surface area (Å²) >= 11 is 0. The first-order chi connectivity index (χ1) is 8.09. The SMILES string of the molecule is CC(C)=CC(=O)N(C)CCOc1ccccc1. The number of hydrogen-bond donors (Lipinski definition) is 0. The lowest BCUT2D eigenvalue weighted by Gasteiger charge is -2.15. The van der Waals surface area contributed by atoms with Gasteiger partial charge in [0.1, 0.15) is 12.4 Å². The van der Waals surface area contributed by atoms with E-state index < -0.39 is 0 Å². The second-order valence-electron chi connectivity index (χ2n) is 4.14. The van der Waals surface area contributed by atoms with Gasteiger partial charge >= 0.3 is 0 Å². The first kappa shape index (κ1) is 13.3. The van der Waals surface area contributed by atoms with Crippen LogP contribution in [0.3, 0.4) is 0 Å². The van der Waals surface area contributed by atoms with E-state index in [-0.39, 0.29) is 5.91 Å². The highest BCUT2D eigenvalue weighted by atomic mass is 16.5. The Labute approximate surface area is 103 Å². The van der Waals surface area contributed by atoms with Crippen LogP contribution in [0.4, 0.5) is 0 Å². The molecule has 0 saturated heterocycles. The Morgan fingerprint density at radius 3 is 2.53 bits per heavy atom. The molecule has 0 unspecified atom stereocenters. The van der Waals surface area contributed by atoms with Crippen LogP contribution in [0.2, 0.25) is 0 Å². The maximum Gasteiger partial charge on any atom is 0.246 e. The summed E-state index contributed by atoms with van der Waals surface area (Å²) in [6.45, 7) is 4.90. The highest BCUT2D eigenvalue weighted by Crippen LogP contribution is 2.07. The molecule has 0 saturated carbocycles. The van der Waals surface area contributed by atoms with E-state index >= 15 is 0 Å². The summed E-state index contributed by atoms with van der Waals surface area (Å²) in [4.78, 5) is 13.2. The monoisotopic (exact) mass is 233 g/mol. The van der Waals surface area contributed by atoms with Gasteiger partial charge in [-0.05, 0) is 26.0 Å². The Balaban J connectivity index is 2.32. The lowest BCUT2D eigenvalue weighted by Crippen LogP contribution is -2.29. The van der Waals surface area contributed by atoms with E-state index in [4.69, 9.17) is 4.74 Å². The van der Waals surface area contributed by atoms with Gasteiger partial charge in [-0.3, -0.25) is 4.79 Å². The quantitative estimate of drug-likeness (QED) is 0.731. The Kier molecular flexibility index (Phi) is 5.27. The second kappa shape index (κ2) is 6.74. The standard InChI is InChI=1S/C14H19NO2/c1-12(2)11-14(16)15(3)9-10-17-13-7-5-4-6-8-13/h4-8,11H,9-10H2,1-3H3. The fourth-order valence-corrected chi connectivity index (χ4v) is 1.28. The van der Waals surface area contributed by atoms with Crippen molar-refractivity contribution < 1.29 is 9.53 Å². The molecule has 0 bridgehead atoms. The van der Waals surface area contributed by atoms with Crippen molar-refractivity contribution in [3.63, 3.8) is 0 Å². The molecule has 0 radical (unpaired) electrons. The van der Waals surface area contributed by atoms with Crippen molar-refractivity contribution in [3.8, 4) is 5.75 Å². The third kappa shape index (κ3) is 5.20. The molecule has 1 rings (SSSR count). The van der Waals surface area contributed by atoms with Crippen molar-refractivity contribution in [2.45, 2.75) is 13.8 Å². The summed E-state index contributed by atoms with van der Waals surface area (Å²) in [5.74, 6) is 0.845. The third-order valence-corrected chi connectivity index (χ3v) is 2.23. The summed E-state index contributed by atoms with van der Waals surface area (Å²) < 4.78 is 5.52. The van der Waals surface area contributed by atoms with E-state index in [2.05, 4.69) is 0 Å². The minimum Gasteiger partial charge on any atom is -0.492 e. The van der Waals surface area contributed by atoms with Gasteiger partial charge < -0.3 is 9.64 Å². The van der Waals surface area contributed by atoms with Crippen LogP contribution < -0.4 is 4.74 Å². The zero-order chi connectivity index (χ0) is 12.7. The highest BCUT2D eigenvalue weighted by molar-refractivity contribution is 5.87. The first-order valence-corrected chi connectivity index (χ1v) is 5.67. The summed E-state index contributed by atoms with van der Waals surface area (Å²) in [5.41, 5.74) is 1.01. The Bertz CT molecular complexity index is 380. The average molecular weight is 233 g/mol. The smallest absolute Gasteiger partial charge is 0.246 e. The molecular formula is C14H19NO2. The van der Waals surface area contributed by atoms with Gasteiger partial charge in [0.25, 0.3) is 0 Å². The molecular weight excluding hydrogens is 214 g/mol. The van der Waals surface area contributed by atoms with Crippen molar-refractivity contribution in [2.24, 2.45) is 0 Å². The molecule has 3 nitrogen and oxygen atoms in total. The number of hydrogen-bond acceptors (Lipinski definition) is 2. The molecule has 0 aliphatic heterocycles. The van der Waals surface area contributed by atoms with Crippen LogP contribution in [0.1, 0.15) is 13.8 Å². The summed E-state index contributed by atoms with van der Waals surface area (Å²) in [6, 6.07) is 9.59. The van der Waals surface area contributed by atoms with Gasteiger partial charge in [0.15, 0.2) is 0 Å². The normalized spacial score (nSPS) is 9.59. The first-order valence-electron chi connectivity index (χ1n) is 5.67. The number of carbonyl (C=O) groups excluding carboxylic acids is 1. The van der Waals surface area contributed by atoms with Crippen molar-refractivity contribution >= 4 is 5.91 Å². The van der Waals surface area contributed by atoms with E-state index in [1.54, 1.807) is 18.0 Å². The number of nitrogens with zero attached hydrogens (tertiary/aromatic N) is 1. The van der Waals surface area contributed by atoms with Gasteiger partial charge in [-0.1, -0.05) is 23.8 Å². The molecule has 1 aromatic carbocycles. The molecule has 0 heterocycles. The van der Waals surface area contributed by atoms with Crippen LogP contribution in [0.5, 0.6) is 5.75 Å². The minimum absolute atomic E-state index is 0.0154. The molecule has 0 fully saturated rings. The number of ether oxygens (including phenoxy) is 1. The molecule has 0 spiro atoms. The van der Waals surface area contributed by atoms with Gasteiger partial charge in [-0.2, -0.15) is 0 Å². The Hall–Kier alpha value is -1.77. The predicted octanol–water partition coefficient (Wildman–Crippen LogP) is 2.49. The van der Waals surface area contributed by atoms with Crippen LogP contribution in [-0.4, -0.2) is 31.0 Å². The van der Waals surface area contributed by atoms with Crippen LogP contribution in [-0.2, 0) is 4.79 Å². The zero-order valence-electron chi connectivity index (χ0n) is 10.6. The van der Waals surface area contributed by atoms with E-state index in [1.807, 2.05) is 44.2 Å². The Morgan fingerprint density at radius 2 is 1.94 bits per heavy atom. The molecule has 0 atom stereocenters. The van der Waals surface area contributed by atoms with Crippen LogP contribution >= 0.6 is 0 Å². The van der Waals surface area contributed by atoms with Gasteiger partial charge in [0.2, 0.25) is 5.91 Å². The molecule has 0 aliphatic rings. The summed E-state index contributed by atoms with van der Waals surface area (Å²) in [7, 11) is 1.77. The molecule has 0 N–H and O–H groups in total. The van der Waals surface area contributed by atoms with Crippen LogP contribution in [0.15, 0.2) is 42.0 Å². The Morgan fingerprint density at radius 1 is 1.29 bits per heavy atom. The average Bonchev–Trinajstić information content (AvgIpc) is 2.29. The number of para-hydroxylation sites is 1. The number of benzene rings is 1. The second-order valence-corrected chi connectivity index (χ2v) is 4.14. The molecule has 1 amide bonds. The minimum atomic E-state index is 0.0154. The number of rotatable bonds is 5. The van der Waals surface area contributed by atoms with Gasteiger partial charge in [-0.25, -0.2) is 0 Å². The molecule has 92 valence electrons. The maximum absolute atomic E-state index is 11.6. The van der Waals surface area contributed by atoms with Crippen molar-refractivity contribution in [1.82, 2.24) is 4.90 Å². The van der Waals surface area contributed by atoms with E-state index in [0.717, 1.165) is 11.3 Å². The van der Waals surface area contributed by atoms with E-state index in [0.29, 0.717) is 13.2 Å². The third-order valence-electron chi connectivity index (χ3n) is 2.23. The van der Waals surface area contributed by atoms with Gasteiger partial charge in [-0.15, -0.1) is 0 Å². The lowest BCUT2D eigenvalue weighted by molar-refractivity contribution is -0.125. The van der Waals surface area contributed by atoms with Gasteiger partial charge in [0, 0.05) is 13.1 Å². The van der Waals surface area contributed by atoms with Crippen LogP contribution in [0.25, 0.3) is 0 Å². The number of amides is 1. The predicted molar refractivity (Wildman–Crippen MR) is 69.0 cm³/mol. The van der Waals surface area contributed by atoms with Crippen molar-refractivity contribution in [3.05, 3.63) is 42.0 Å². The molecule has 1 aromatic rings. The fraction of sp³-hybridized carbons (Fsp3) is 0.357. The number of likely N-dealkylation sites (N-methyl/N-ethyl adjacent to an activating group) is 1. The molecule has 0 aliphatic carbocycles. The highest BCUT2D eigenvalue weighted by Gasteiger charge is 2.04. The van der Waals surface area contributed by atoms with Crippen molar-refractivity contribution in [1.29, 1.82) is 0 Å². The van der Waals surface area contributed by atoms with Gasteiger partial charge in [0.05, 0.1) is 6.54 Å².